The van der Waals surface area contributed by atoms with Crippen LogP contribution in [0.25, 0.3) is 22.4 Å². The van der Waals surface area contributed by atoms with Crippen LogP contribution < -0.4 is 20.1 Å². The summed E-state index contributed by atoms with van der Waals surface area (Å²) in [6.07, 6.45) is 1.26. The van der Waals surface area contributed by atoms with Gasteiger partial charge in [0, 0.05) is 22.5 Å². The molecule has 2 N–H and O–H groups in total. The van der Waals surface area contributed by atoms with E-state index in [2.05, 4.69) is 15.6 Å². The molecule has 7 nitrogen and oxygen atoms in total. The van der Waals surface area contributed by atoms with Gasteiger partial charge in [0.25, 0.3) is 5.88 Å². The van der Waals surface area contributed by atoms with E-state index >= 15 is 0 Å². The topological polar surface area (TPSA) is 89.6 Å². The Kier molecular flexibility index (Phi) is 5.86. The smallest absolute Gasteiger partial charge is 0.257 e. The summed E-state index contributed by atoms with van der Waals surface area (Å²) in [6.45, 7) is 0. The van der Waals surface area contributed by atoms with E-state index in [1.807, 2.05) is 30.3 Å². The summed E-state index contributed by atoms with van der Waals surface area (Å²) in [5.41, 5.74) is 4.67. The van der Waals surface area contributed by atoms with Crippen LogP contribution in [-0.4, -0.2) is 32.0 Å². The first-order valence-electron chi connectivity index (χ1n) is 8.44. The van der Waals surface area contributed by atoms with Crippen LogP contribution in [0.5, 0.6) is 11.6 Å². The highest BCUT2D eigenvalue weighted by Gasteiger charge is 2.16. The second-order valence-corrected chi connectivity index (χ2v) is 5.78. The van der Waals surface area contributed by atoms with Crippen molar-refractivity contribution in [3.63, 3.8) is 0 Å². The lowest BCUT2D eigenvalue weighted by atomic mass is 9.98. The summed E-state index contributed by atoms with van der Waals surface area (Å²) in [4.78, 5) is 25.9. The van der Waals surface area contributed by atoms with Crippen LogP contribution in [-0.2, 0) is 9.59 Å². The van der Waals surface area contributed by atoms with E-state index in [0.29, 0.717) is 41.5 Å². The molecule has 28 heavy (non-hydrogen) atoms. The van der Waals surface area contributed by atoms with Gasteiger partial charge in [-0.3, -0.25) is 9.59 Å². The number of anilines is 2. The van der Waals surface area contributed by atoms with Crippen LogP contribution in [0, 0.1) is 0 Å². The molecule has 0 saturated carbocycles. The molecule has 0 saturated heterocycles. The molecule has 0 bridgehead atoms. The number of pyridine rings is 1. The van der Waals surface area contributed by atoms with Crippen molar-refractivity contribution >= 4 is 24.2 Å². The Morgan fingerprint density at radius 2 is 1.32 bits per heavy atom. The van der Waals surface area contributed by atoms with Crippen molar-refractivity contribution in [2.24, 2.45) is 0 Å². The number of hydrogen-bond acceptors (Lipinski definition) is 5. The van der Waals surface area contributed by atoms with Crippen molar-refractivity contribution in [1.82, 2.24) is 4.98 Å². The van der Waals surface area contributed by atoms with Crippen LogP contribution in [0.3, 0.4) is 0 Å². The van der Waals surface area contributed by atoms with E-state index in [9.17, 15) is 9.59 Å². The highest BCUT2D eigenvalue weighted by atomic mass is 16.5. The van der Waals surface area contributed by atoms with Crippen LogP contribution in [0.2, 0.25) is 0 Å². The molecule has 0 radical (unpaired) electrons. The Morgan fingerprint density at radius 3 is 1.79 bits per heavy atom. The van der Waals surface area contributed by atoms with Gasteiger partial charge < -0.3 is 20.1 Å². The molecular weight excluding hydrogens is 358 g/mol. The van der Waals surface area contributed by atoms with E-state index < -0.39 is 0 Å². The fourth-order valence-electron chi connectivity index (χ4n) is 2.82. The summed E-state index contributed by atoms with van der Waals surface area (Å²) in [6, 6.07) is 16.6. The first kappa shape index (κ1) is 18.9. The number of nitrogens with zero attached hydrogens (tertiary/aromatic N) is 1. The van der Waals surface area contributed by atoms with Gasteiger partial charge in [-0.05, 0) is 35.9 Å². The van der Waals surface area contributed by atoms with Crippen LogP contribution in [0.1, 0.15) is 0 Å². The Hall–Kier alpha value is -3.87. The summed E-state index contributed by atoms with van der Waals surface area (Å²) < 4.78 is 10.8. The van der Waals surface area contributed by atoms with Gasteiger partial charge in [0.15, 0.2) is 5.75 Å². The third kappa shape index (κ3) is 3.93. The molecule has 0 unspecified atom stereocenters. The molecule has 7 heteroatoms. The molecule has 3 rings (SSSR count). The molecule has 0 atom stereocenters. The predicted molar refractivity (Wildman–Crippen MR) is 108 cm³/mol. The summed E-state index contributed by atoms with van der Waals surface area (Å²) in [5.74, 6) is 0.881. The largest absolute Gasteiger partial charge is 0.491 e. The quantitative estimate of drug-likeness (QED) is 0.586. The first-order chi connectivity index (χ1) is 13.7. The number of ether oxygens (including phenoxy) is 2. The number of aromatic nitrogens is 1. The zero-order valence-corrected chi connectivity index (χ0v) is 15.4. The van der Waals surface area contributed by atoms with Gasteiger partial charge in [0.05, 0.1) is 19.9 Å². The fraction of sp³-hybridized carbons (Fsp3) is 0.0952. The lowest BCUT2D eigenvalue weighted by Crippen LogP contribution is -1.99. The summed E-state index contributed by atoms with van der Waals surface area (Å²) in [7, 11) is 3.09. The number of nitrogens with one attached hydrogen (secondary N) is 2. The van der Waals surface area contributed by atoms with Crippen molar-refractivity contribution in [3.05, 3.63) is 54.6 Å². The Balaban J connectivity index is 2.13. The highest BCUT2D eigenvalue weighted by Crippen LogP contribution is 2.38. The van der Waals surface area contributed by atoms with E-state index in [1.165, 1.54) is 7.11 Å². The zero-order chi connectivity index (χ0) is 19.9. The number of hydrogen-bond donors (Lipinski definition) is 2. The average molecular weight is 377 g/mol. The molecule has 0 spiro atoms. The number of amides is 2. The Morgan fingerprint density at radius 1 is 0.786 bits per heavy atom. The molecule has 0 aliphatic rings. The predicted octanol–water partition coefficient (Wildman–Crippen LogP) is 3.57. The molecule has 0 aliphatic carbocycles. The van der Waals surface area contributed by atoms with Gasteiger partial charge in [-0.2, -0.15) is 0 Å². The molecule has 3 aromatic rings. The van der Waals surface area contributed by atoms with E-state index in [0.717, 1.165) is 16.7 Å². The van der Waals surface area contributed by atoms with Gasteiger partial charge in [0.2, 0.25) is 12.8 Å². The van der Waals surface area contributed by atoms with Crippen molar-refractivity contribution in [3.8, 4) is 34.0 Å². The highest BCUT2D eigenvalue weighted by molar-refractivity contribution is 5.84. The maximum absolute atomic E-state index is 10.6. The molecule has 142 valence electrons. The fourth-order valence-corrected chi connectivity index (χ4v) is 2.82. The van der Waals surface area contributed by atoms with Gasteiger partial charge in [0.1, 0.15) is 0 Å². The zero-order valence-electron chi connectivity index (χ0n) is 15.4. The number of methoxy groups -OCH3 is 2. The van der Waals surface area contributed by atoms with E-state index in [1.54, 1.807) is 31.4 Å². The average Bonchev–Trinajstić information content (AvgIpc) is 2.74. The minimum Gasteiger partial charge on any atom is -0.491 e. The van der Waals surface area contributed by atoms with Crippen molar-refractivity contribution in [2.75, 3.05) is 24.9 Å². The van der Waals surface area contributed by atoms with Crippen molar-refractivity contribution in [1.29, 1.82) is 0 Å². The number of rotatable bonds is 8. The third-order valence-electron chi connectivity index (χ3n) is 4.17. The molecule has 0 fully saturated rings. The van der Waals surface area contributed by atoms with Gasteiger partial charge in [-0.1, -0.05) is 24.3 Å². The molecule has 2 aromatic carbocycles. The standard InChI is InChI=1S/C21H19N3O4/c1-27-19-11-18(14-3-7-16(8-4-14)22-12-25)20(24-21(19)28-2)15-5-9-17(10-6-15)23-13-26/h3-13H,1-2H3,(H,22,25)(H,23,26). The molecule has 2 amide bonds. The first-order valence-corrected chi connectivity index (χ1v) is 8.44. The normalized spacial score (nSPS) is 10.1. The SMILES string of the molecule is COc1cc(-c2ccc(NC=O)cc2)c(-c2ccc(NC=O)cc2)nc1OC. The summed E-state index contributed by atoms with van der Waals surface area (Å²) in [5, 5.41) is 5.23. The maximum atomic E-state index is 10.6. The van der Waals surface area contributed by atoms with Gasteiger partial charge in [-0.25, -0.2) is 4.98 Å². The Bertz CT molecular complexity index is 890. The molecule has 1 heterocycles. The number of carbonyl (C=O) groups excluding carboxylic acids is 2. The second kappa shape index (κ2) is 8.68. The van der Waals surface area contributed by atoms with Crippen LogP contribution in [0.4, 0.5) is 11.4 Å². The van der Waals surface area contributed by atoms with Crippen LogP contribution in [0.15, 0.2) is 54.6 Å². The summed E-state index contributed by atoms with van der Waals surface area (Å²) >= 11 is 0. The molecular formula is C21H19N3O4. The Labute approximate surface area is 162 Å². The maximum Gasteiger partial charge on any atom is 0.257 e. The van der Waals surface area contributed by atoms with Gasteiger partial charge >= 0.3 is 0 Å². The lowest BCUT2D eigenvalue weighted by Gasteiger charge is -2.15. The van der Waals surface area contributed by atoms with E-state index in [-0.39, 0.29) is 0 Å². The van der Waals surface area contributed by atoms with Gasteiger partial charge in [-0.15, -0.1) is 0 Å². The number of benzene rings is 2. The minimum absolute atomic E-state index is 0.371. The van der Waals surface area contributed by atoms with Crippen LogP contribution >= 0.6 is 0 Å². The van der Waals surface area contributed by atoms with Crippen molar-refractivity contribution < 1.29 is 19.1 Å². The van der Waals surface area contributed by atoms with E-state index in [4.69, 9.17) is 9.47 Å². The monoisotopic (exact) mass is 377 g/mol. The lowest BCUT2D eigenvalue weighted by molar-refractivity contribution is -0.106. The molecule has 1 aromatic heterocycles. The third-order valence-corrected chi connectivity index (χ3v) is 4.17. The number of carbonyl (C=O) groups is 2. The molecule has 0 aliphatic heterocycles. The second-order valence-electron chi connectivity index (χ2n) is 5.78. The minimum atomic E-state index is 0.371. The van der Waals surface area contributed by atoms with Crippen molar-refractivity contribution in [2.45, 2.75) is 0 Å².